The number of halogens is 1. The van der Waals surface area contributed by atoms with Gasteiger partial charge in [-0.25, -0.2) is 4.79 Å². The Morgan fingerprint density at radius 1 is 1.27 bits per heavy atom. The van der Waals surface area contributed by atoms with Crippen LogP contribution >= 0.6 is 15.9 Å². The average molecular weight is 271 g/mol. The Morgan fingerprint density at radius 3 is 2.87 bits per heavy atom. The highest BCUT2D eigenvalue weighted by atomic mass is 79.9. The second-order valence-corrected chi connectivity index (χ2v) is 3.97. The number of rotatable bonds is 4. The smallest absolute Gasteiger partial charge is 0.323 e. The molecule has 0 saturated carbocycles. The van der Waals surface area contributed by atoms with Crippen LogP contribution < -0.4 is 10.4 Å². The van der Waals surface area contributed by atoms with E-state index < -0.39 is 0 Å². The van der Waals surface area contributed by atoms with E-state index in [1.807, 2.05) is 18.2 Å². The van der Waals surface area contributed by atoms with E-state index in [1.165, 1.54) is 0 Å². The van der Waals surface area contributed by atoms with Crippen LogP contribution in [0.2, 0.25) is 0 Å². The van der Waals surface area contributed by atoms with E-state index in [1.54, 1.807) is 0 Å². The standard InChI is InChI=1S/C10H11BrN2O2/c11-4-1-5-15-7-2-3-8-9(6-7)13-10(14)12-8/h2-3,6H,1,4-5H2,(H2,12,13,14). The van der Waals surface area contributed by atoms with E-state index >= 15 is 0 Å². The fourth-order valence-electron chi connectivity index (χ4n) is 1.35. The SMILES string of the molecule is O=c1[nH]c2ccc(OCCCBr)cc2[nH]1. The number of hydrogen-bond acceptors (Lipinski definition) is 2. The highest BCUT2D eigenvalue weighted by Gasteiger charge is 2.00. The first kappa shape index (κ1) is 10.3. The highest BCUT2D eigenvalue weighted by Crippen LogP contribution is 2.16. The van der Waals surface area contributed by atoms with Gasteiger partial charge >= 0.3 is 5.69 Å². The molecule has 0 aliphatic rings. The molecular weight excluding hydrogens is 260 g/mol. The zero-order valence-electron chi connectivity index (χ0n) is 8.05. The first-order valence-electron chi connectivity index (χ1n) is 4.70. The molecule has 2 N–H and O–H groups in total. The number of ether oxygens (including phenoxy) is 1. The fraction of sp³-hybridized carbons (Fsp3) is 0.300. The van der Waals surface area contributed by atoms with Gasteiger partial charge in [0.2, 0.25) is 0 Å². The van der Waals surface area contributed by atoms with Gasteiger partial charge in [-0.15, -0.1) is 0 Å². The Labute approximate surface area is 94.8 Å². The lowest BCUT2D eigenvalue weighted by Crippen LogP contribution is -1.99. The molecule has 1 heterocycles. The van der Waals surface area contributed by atoms with Gasteiger partial charge in [-0.05, 0) is 18.6 Å². The Bertz CT molecular complexity index is 503. The van der Waals surface area contributed by atoms with Crippen LogP contribution in [0.1, 0.15) is 6.42 Å². The predicted molar refractivity (Wildman–Crippen MR) is 62.8 cm³/mol. The van der Waals surface area contributed by atoms with E-state index in [2.05, 4.69) is 25.9 Å². The maximum atomic E-state index is 11.0. The predicted octanol–water partition coefficient (Wildman–Crippen LogP) is 2.02. The maximum Gasteiger partial charge on any atom is 0.323 e. The van der Waals surface area contributed by atoms with Gasteiger partial charge in [0.1, 0.15) is 5.75 Å². The van der Waals surface area contributed by atoms with Gasteiger partial charge < -0.3 is 14.7 Å². The van der Waals surface area contributed by atoms with Crippen LogP contribution in [0.5, 0.6) is 5.75 Å². The summed E-state index contributed by atoms with van der Waals surface area (Å²) in [4.78, 5) is 16.4. The summed E-state index contributed by atoms with van der Waals surface area (Å²) in [6.45, 7) is 0.672. The molecule has 0 saturated heterocycles. The third-order valence-corrected chi connectivity index (χ3v) is 2.59. The number of aromatic nitrogens is 2. The Balaban J connectivity index is 2.19. The van der Waals surface area contributed by atoms with Gasteiger partial charge in [0.15, 0.2) is 0 Å². The number of alkyl halides is 1. The maximum absolute atomic E-state index is 11.0. The summed E-state index contributed by atoms with van der Waals surface area (Å²) in [6, 6.07) is 5.50. The summed E-state index contributed by atoms with van der Waals surface area (Å²) in [5, 5.41) is 0.927. The molecule has 0 fully saturated rings. The van der Waals surface area contributed by atoms with Gasteiger partial charge in [0.05, 0.1) is 17.6 Å². The molecule has 0 bridgehead atoms. The van der Waals surface area contributed by atoms with Gasteiger partial charge in [0.25, 0.3) is 0 Å². The van der Waals surface area contributed by atoms with Crippen LogP contribution in [0.4, 0.5) is 0 Å². The van der Waals surface area contributed by atoms with Crippen molar-refractivity contribution in [2.45, 2.75) is 6.42 Å². The molecule has 5 heteroatoms. The van der Waals surface area contributed by atoms with Crippen molar-refractivity contribution in [1.29, 1.82) is 0 Å². The van der Waals surface area contributed by atoms with Gasteiger partial charge in [-0.3, -0.25) is 0 Å². The van der Waals surface area contributed by atoms with E-state index in [0.717, 1.165) is 28.5 Å². The fourth-order valence-corrected chi connectivity index (χ4v) is 1.57. The molecule has 2 rings (SSSR count). The molecule has 4 nitrogen and oxygen atoms in total. The number of aromatic amines is 2. The third kappa shape index (κ3) is 2.41. The number of hydrogen-bond donors (Lipinski definition) is 2. The van der Waals surface area contributed by atoms with E-state index in [0.29, 0.717) is 6.61 Å². The molecule has 0 atom stereocenters. The normalized spacial score (nSPS) is 10.7. The molecule has 0 spiro atoms. The number of imidazole rings is 1. The Hall–Kier alpha value is -1.23. The van der Waals surface area contributed by atoms with Crippen molar-refractivity contribution in [1.82, 2.24) is 9.97 Å². The average Bonchev–Trinajstić information content (AvgIpc) is 2.57. The first-order valence-corrected chi connectivity index (χ1v) is 5.82. The minimum Gasteiger partial charge on any atom is -0.493 e. The van der Waals surface area contributed by atoms with Crippen LogP contribution in [0.25, 0.3) is 11.0 Å². The van der Waals surface area contributed by atoms with E-state index in [9.17, 15) is 4.79 Å². The molecule has 0 aliphatic carbocycles. The summed E-state index contributed by atoms with van der Waals surface area (Å²) in [7, 11) is 0. The van der Waals surface area contributed by atoms with Crippen LogP contribution in [-0.2, 0) is 0 Å². The molecule has 0 unspecified atom stereocenters. The molecular formula is C10H11BrN2O2. The van der Waals surface area contributed by atoms with E-state index in [-0.39, 0.29) is 5.69 Å². The lowest BCUT2D eigenvalue weighted by Gasteiger charge is -2.03. The summed E-state index contributed by atoms with van der Waals surface area (Å²) in [5.74, 6) is 0.777. The summed E-state index contributed by atoms with van der Waals surface area (Å²) in [5.41, 5.74) is 1.38. The van der Waals surface area contributed by atoms with Crippen molar-refractivity contribution in [3.63, 3.8) is 0 Å². The monoisotopic (exact) mass is 270 g/mol. The molecule has 0 aliphatic heterocycles. The zero-order valence-corrected chi connectivity index (χ0v) is 9.63. The molecule has 0 amide bonds. The topological polar surface area (TPSA) is 57.9 Å². The number of fused-ring (bicyclic) bond motifs is 1. The summed E-state index contributed by atoms with van der Waals surface area (Å²) >= 11 is 3.33. The zero-order chi connectivity index (χ0) is 10.7. The Morgan fingerprint density at radius 2 is 2.07 bits per heavy atom. The summed E-state index contributed by atoms with van der Waals surface area (Å²) in [6.07, 6.45) is 0.960. The first-order chi connectivity index (χ1) is 7.29. The molecule has 1 aromatic heterocycles. The number of H-pyrrole nitrogens is 2. The van der Waals surface area contributed by atoms with Crippen molar-refractivity contribution in [2.75, 3.05) is 11.9 Å². The highest BCUT2D eigenvalue weighted by molar-refractivity contribution is 9.09. The largest absolute Gasteiger partial charge is 0.493 e. The third-order valence-electron chi connectivity index (χ3n) is 2.03. The van der Waals surface area contributed by atoms with Crippen molar-refractivity contribution < 1.29 is 4.74 Å². The second kappa shape index (κ2) is 4.53. The molecule has 80 valence electrons. The minimum atomic E-state index is -0.192. The lowest BCUT2D eigenvalue weighted by atomic mass is 10.3. The van der Waals surface area contributed by atoms with Gasteiger partial charge in [0, 0.05) is 11.4 Å². The Kier molecular flexibility index (Phi) is 3.11. The van der Waals surface area contributed by atoms with Crippen molar-refractivity contribution in [2.24, 2.45) is 0 Å². The van der Waals surface area contributed by atoms with E-state index in [4.69, 9.17) is 4.74 Å². The van der Waals surface area contributed by atoms with Crippen molar-refractivity contribution in [3.05, 3.63) is 28.7 Å². The number of benzene rings is 1. The number of nitrogens with one attached hydrogen (secondary N) is 2. The lowest BCUT2D eigenvalue weighted by molar-refractivity contribution is 0.319. The van der Waals surface area contributed by atoms with Crippen molar-refractivity contribution >= 4 is 27.0 Å². The van der Waals surface area contributed by atoms with Crippen molar-refractivity contribution in [3.8, 4) is 5.75 Å². The van der Waals surface area contributed by atoms with Gasteiger partial charge in [-0.1, -0.05) is 15.9 Å². The minimum absolute atomic E-state index is 0.192. The van der Waals surface area contributed by atoms with Crippen LogP contribution in [0.15, 0.2) is 23.0 Å². The quantitative estimate of drug-likeness (QED) is 0.660. The molecule has 0 radical (unpaired) electrons. The van der Waals surface area contributed by atoms with Crippen LogP contribution in [0.3, 0.4) is 0 Å². The molecule has 1 aromatic carbocycles. The molecule has 2 aromatic rings. The van der Waals surface area contributed by atoms with Crippen LogP contribution in [-0.4, -0.2) is 21.9 Å². The molecule has 15 heavy (non-hydrogen) atoms. The summed E-state index contributed by atoms with van der Waals surface area (Å²) < 4.78 is 5.50. The van der Waals surface area contributed by atoms with Crippen LogP contribution in [0, 0.1) is 0 Å². The second-order valence-electron chi connectivity index (χ2n) is 3.18. The van der Waals surface area contributed by atoms with Gasteiger partial charge in [-0.2, -0.15) is 0 Å².